The van der Waals surface area contributed by atoms with Crippen molar-refractivity contribution in [2.24, 2.45) is 0 Å². The number of hydrogen-bond donors (Lipinski definition) is 2. The van der Waals surface area contributed by atoms with E-state index in [1.807, 2.05) is 0 Å². The van der Waals surface area contributed by atoms with Crippen LogP contribution in [0.25, 0.3) is 11.5 Å². The third kappa shape index (κ3) is 2.17. The average molecular weight is 235 g/mol. The van der Waals surface area contributed by atoms with Crippen LogP contribution in [0.3, 0.4) is 0 Å². The van der Waals surface area contributed by atoms with Gasteiger partial charge in [-0.2, -0.15) is 0 Å². The van der Waals surface area contributed by atoms with Gasteiger partial charge in [0, 0.05) is 6.20 Å². The highest BCUT2D eigenvalue weighted by Crippen LogP contribution is 2.09. The molecule has 2 N–H and O–H groups in total. The largest absolute Gasteiger partial charge is 0.477 e. The van der Waals surface area contributed by atoms with Crippen molar-refractivity contribution in [3.63, 3.8) is 0 Å². The van der Waals surface area contributed by atoms with Crippen molar-refractivity contribution in [1.29, 1.82) is 0 Å². The zero-order chi connectivity index (χ0) is 12.4. The molecule has 0 fully saturated rings. The number of rotatable bonds is 2. The number of nitrogens with one attached hydrogen (secondary N) is 1. The van der Waals surface area contributed by atoms with E-state index in [-0.39, 0.29) is 11.5 Å². The van der Waals surface area contributed by atoms with Gasteiger partial charge in [0.1, 0.15) is 17.1 Å². The molecular formula is C10H6FN3O3. The Labute approximate surface area is 93.8 Å². The molecule has 0 amide bonds. The Morgan fingerprint density at radius 3 is 2.59 bits per heavy atom. The van der Waals surface area contributed by atoms with Crippen molar-refractivity contribution in [2.45, 2.75) is 0 Å². The first kappa shape index (κ1) is 10.9. The summed E-state index contributed by atoms with van der Waals surface area (Å²) in [5.41, 5.74) is -0.995. The van der Waals surface area contributed by atoms with Crippen LogP contribution in [-0.4, -0.2) is 26.0 Å². The number of nitrogens with zero attached hydrogens (tertiary/aromatic N) is 2. The summed E-state index contributed by atoms with van der Waals surface area (Å²) in [6.45, 7) is 0. The number of carbonyl (C=O) groups is 1. The van der Waals surface area contributed by atoms with Gasteiger partial charge in [-0.25, -0.2) is 19.2 Å². The minimum absolute atomic E-state index is 0.0833. The van der Waals surface area contributed by atoms with E-state index in [0.29, 0.717) is 0 Å². The van der Waals surface area contributed by atoms with Gasteiger partial charge in [-0.1, -0.05) is 0 Å². The van der Waals surface area contributed by atoms with Crippen LogP contribution in [-0.2, 0) is 0 Å². The first-order chi connectivity index (χ1) is 8.08. The Kier molecular flexibility index (Phi) is 2.65. The summed E-state index contributed by atoms with van der Waals surface area (Å²) in [5, 5.41) is 8.64. The van der Waals surface area contributed by atoms with Crippen LogP contribution in [0, 0.1) is 5.82 Å². The molecule has 17 heavy (non-hydrogen) atoms. The van der Waals surface area contributed by atoms with Crippen molar-refractivity contribution >= 4 is 5.97 Å². The van der Waals surface area contributed by atoms with Crippen molar-refractivity contribution in [3.05, 3.63) is 46.3 Å². The fourth-order valence-corrected chi connectivity index (χ4v) is 1.19. The van der Waals surface area contributed by atoms with Crippen molar-refractivity contribution < 1.29 is 14.3 Å². The van der Waals surface area contributed by atoms with Gasteiger partial charge in [-0.15, -0.1) is 0 Å². The van der Waals surface area contributed by atoms with Gasteiger partial charge in [0.15, 0.2) is 5.82 Å². The molecular weight excluding hydrogens is 229 g/mol. The molecule has 0 aliphatic heterocycles. The molecule has 86 valence electrons. The minimum Gasteiger partial charge on any atom is -0.477 e. The molecule has 0 radical (unpaired) electrons. The number of H-pyrrole nitrogens is 1. The minimum atomic E-state index is -1.36. The zero-order valence-corrected chi connectivity index (χ0v) is 8.35. The lowest BCUT2D eigenvalue weighted by Crippen LogP contribution is -2.18. The Morgan fingerprint density at radius 2 is 2.06 bits per heavy atom. The normalized spacial score (nSPS) is 10.2. The van der Waals surface area contributed by atoms with Crippen LogP contribution in [0.1, 0.15) is 10.4 Å². The Balaban J connectivity index is 2.48. The second-order valence-corrected chi connectivity index (χ2v) is 3.14. The second-order valence-electron chi connectivity index (χ2n) is 3.14. The van der Waals surface area contributed by atoms with Gasteiger partial charge < -0.3 is 10.1 Å². The van der Waals surface area contributed by atoms with E-state index in [0.717, 1.165) is 18.5 Å². The Morgan fingerprint density at radius 1 is 1.29 bits per heavy atom. The van der Waals surface area contributed by atoms with E-state index in [1.165, 1.54) is 6.07 Å². The molecule has 2 aromatic heterocycles. The molecule has 0 saturated heterocycles. The van der Waals surface area contributed by atoms with E-state index in [9.17, 15) is 14.0 Å². The number of carboxylic acid groups (broad SMARTS) is 1. The molecule has 0 aromatic carbocycles. The molecule has 0 atom stereocenters. The summed E-state index contributed by atoms with van der Waals surface area (Å²) in [6, 6.07) is 2.49. The summed E-state index contributed by atoms with van der Waals surface area (Å²) in [7, 11) is 0. The number of aromatic carboxylic acids is 1. The van der Waals surface area contributed by atoms with Crippen molar-refractivity contribution in [2.75, 3.05) is 0 Å². The van der Waals surface area contributed by atoms with Crippen LogP contribution in [0.2, 0.25) is 0 Å². The van der Waals surface area contributed by atoms with Gasteiger partial charge in [-0.3, -0.25) is 4.79 Å². The molecule has 2 heterocycles. The highest BCUT2D eigenvalue weighted by Gasteiger charge is 2.11. The highest BCUT2D eigenvalue weighted by atomic mass is 19.1. The monoisotopic (exact) mass is 235 g/mol. The van der Waals surface area contributed by atoms with Crippen LogP contribution >= 0.6 is 0 Å². The van der Waals surface area contributed by atoms with E-state index in [2.05, 4.69) is 15.0 Å². The predicted octanol–water partition coefficient (Wildman–Crippen LogP) is 0.669. The van der Waals surface area contributed by atoms with Crippen molar-refractivity contribution in [3.8, 4) is 11.5 Å². The lowest BCUT2D eigenvalue weighted by atomic mass is 10.3. The first-order valence-corrected chi connectivity index (χ1v) is 4.52. The smallest absolute Gasteiger partial charge is 0.342 e. The summed E-state index contributed by atoms with van der Waals surface area (Å²) in [6.07, 6.45) is 1.90. The summed E-state index contributed by atoms with van der Waals surface area (Å²) in [5.74, 6) is -1.80. The third-order valence-electron chi connectivity index (χ3n) is 2.00. The lowest BCUT2D eigenvalue weighted by molar-refractivity contribution is 0.0694. The molecule has 2 rings (SSSR count). The molecule has 0 saturated carbocycles. The summed E-state index contributed by atoms with van der Waals surface area (Å²) < 4.78 is 12.6. The molecule has 0 spiro atoms. The maximum atomic E-state index is 12.6. The quantitative estimate of drug-likeness (QED) is 0.797. The lowest BCUT2D eigenvalue weighted by Gasteiger charge is -1.99. The second kappa shape index (κ2) is 4.12. The third-order valence-corrected chi connectivity index (χ3v) is 2.00. The predicted molar refractivity (Wildman–Crippen MR) is 55.0 cm³/mol. The first-order valence-electron chi connectivity index (χ1n) is 4.52. The summed E-state index contributed by atoms with van der Waals surface area (Å²) >= 11 is 0. The van der Waals surface area contributed by atoms with Crippen LogP contribution in [0.15, 0.2) is 29.3 Å². The van der Waals surface area contributed by atoms with Crippen LogP contribution < -0.4 is 5.56 Å². The number of pyridine rings is 1. The zero-order valence-electron chi connectivity index (χ0n) is 8.35. The average Bonchev–Trinajstić information content (AvgIpc) is 2.29. The highest BCUT2D eigenvalue weighted by molar-refractivity contribution is 5.86. The number of carboxylic acids is 1. The van der Waals surface area contributed by atoms with Gasteiger partial charge >= 0.3 is 5.97 Å². The molecule has 0 bridgehead atoms. The van der Waals surface area contributed by atoms with E-state index in [4.69, 9.17) is 5.11 Å². The number of hydrogen-bond acceptors (Lipinski definition) is 4. The SMILES string of the molecule is O=C(O)c1cnc(-c2ccc(F)cn2)[nH]c1=O. The number of halogens is 1. The van der Waals surface area contributed by atoms with E-state index in [1.54, 1.807) is 0 Å². The molecule has 7 heteroatoms. The molecule has 0 unspecified atom stereocenters. The maximum Gasteiger partial charge on any atom is 0.342 e. The van der Waals surface area contributed by atoms with Crippen LogP contribution in [0.5, 0.6) is 0 Å². The van der Waals surface area contributed by atoms with Crippen molar-refractivity contribution in [1.82, 2.24) is 15.0 Å². The number of aromatic nitrogens is 3. The van der Waals surface area contributed by atoms with Gasteiger partial charge in [-0.05, 0) is 12.1 Å². The van der Waals surface area contributed by atoms with Gasteiger partial charge in [0.05, 0.1) is 6.20 Å². The standard InChI is InChI=1S/C10H6FN3O3/c11-5-1-2-7(12-3-5)8-13-4-6(10(16)17)9(15)14-8/h1-4H,(H,16,17)(H,13,14,15). The summed E-state index contributed by atoms with van der Waals surface area (Å²) in [4.78, 5) is 31.6. The topological polar surface area (TPSA) is 95.9 Å². The maximum absolute atomic E-state index is 12.6. The Bertz CT molecular complexity index is 621. The molecule has 0 aliphatic rings. The van der Waals surface area contributed by atoms with E-state index < -0.39 is 22.9 Å². The molecule has 0 aliphatic carbocycles. The van der Waals surface area contributed by atoms with Gasteiger partial charge in [0.2, 0.25) is 0 Å². The van der Waals surface area contributed by atoms with Gasteiger partial charge in [0.25, 0.3) is 5.56 Å². The fraction of sp³-hybridized carbons (Fsp3) is 0. The fourth-order valence-electron chi connectivity index (χ4n) is 1.19. The molecule has 6 nitrogen and oxygen atoms in total. The Hall–Kier alpha value is -2.57. The number of aromatic amines is 1. The van der Waals surface area contributed by atoms with Crippen LogP contribution in [0.4, 0.5) is 4.39 Å². The molecule has 2 aromatic rings. The van der Waals surface area contributed by atoms with E-state index >= 15 is 0 Å².